The van der Waals surface area contributed by atoms with Crippen LogP contribution in [0.5, 0.6) is 0 Å². The lowest BCUT2D eigenvalue weighted by Crippen LogP contribution is -2.37. The van der Waals surface area contributed by atoms with E-state index < -0.39 is 0 Å². The maximum atomic E-state index is 12.3. The quantitative estimate of drug-likeness (QED) is 0.732. The minimum Gasteiger partial charge on any atom is -0.353 e. The Balaban J connectivity index is 1.39. The fraction of sp³-hybridized carbons (Fsp3) is 0.222. The number of aromatic amines is 1. The van der Waals surface area contributed by atoms with Crippen molar-refractivity contribution in [2.45, 2.75) is 12.5 Å². The molecule has 0 saturated carbocycles. The van der Waals surface area contributed by atoms with Crippen LogP contribution in [-0.2, 0) is 0 Å². The zero-order valence-corrected chi connectivity index (χ0v) is 15.0. The number of benzene rings is 1. The van der Waals surface area contributed by atoms with Gasteiger partial charge in [0.1, 0.15) is 0 Å². The molecule has 1 fully saturated rings. The van der Waals surface area contributed by atoms with Crippen LogP contribution in [-0.4, -0.2) is 35.2 Å². The second-order valence-corrected chi connectivity index (χ2v) is 7.42. The molecule has 128 valence electrons. The summed E-state index contributed by atoms with van der Waals surface area (Å²) in [5.41, 5.74) is 1.61. The Hall–Kier alpha value is -2.31. The summed E-state index contributed by atoms with van der Waals surface area (Å²) < 4.78 is 0. The topological polar surface area (TPSA) is 61.0 Å². The molecule has 0 aliphatic carbocycles. The number of halogens is 1. The molecule has 0 spiro atoms. The first-order valence-corrected chi connectivity index (χ1v) is 9.35. The summed E-state index contributed by atoms with van der Waals surface area (Å²) in [7, 11) is 0. The summed E-state index contributed by atoms with van der Waals surface area (Å²) in [6.07, 6.45) is 0.896. The predicted octanol–water partition coefficient (Wildman–Crippen LogP) is 3.80. The molecule has 1 aromatic carbocycles. The van der Waals surface area contributed by atoms with Crippen LogP contribution in [0.15, 0.2) is 47.8 Å². The van der Waals surface area contributed by atoms with Crippen LogP contribution in [0.1, 0.15) is 16.8 Å². The smallest absolute Gasteiger partial charge is 0.251 e. The standard InChI is InChI=1S/C18H17ClN4OS/c19-13-4-1-3-12(9-13)18(24)20-14-6-7-23(11-14)17-10-15(21-22-17)16-5-2-8-25-16/h1-5,8-10,14H,6-7,11H2,(H,20,24)(H,21,22)/t14-/m0/s1. The van der Waals surface area contributed by atoms with Crippen LogP contribution in [0.4, 0.5) is 5.82 Å². The first kappa shape index (κ1) is 16.2. The van der Waals surface area contributed by atoms with E-state index in [1.807, 2.05) is 11.4 Å². The second-order valence-electron chi connectivity index (χ2n) is 6.03. The number of nitrogens with zero attached hydrogens (tertiary/aromatic N) is 2. The molecule has 25 heavy (non-hydrogen) atoms. The van der Waals surface area contributed by atoms with Crippen molar-refractivity contribution < 1.29 is 4.79 Å². The number of carbonyl (C=O) groups excluding carboxylic acids is 1. The Labute approximate surface area is 154 Å². The molecule has 3 heterocycles. The minimum absolute atomic E-state index is 0.0874. The lowest BCUT2D eigenvalue weighted by atomic mass is 10.2. The minimum atomic E-state index is -0.0874. The molecule has 4 rings (SSSR count). The first-order chi connectivity index (χ1) is 12.2. The van der Waals surface area contributed by atoms with Gasteiger partial charge < -0.3 is 10.2 Å². The van der Waals surface area contributed by atoms with E-state index in [4.69, 9.17) is 11.6 Å². The number of rotatable bonds is 4. The van der Waals surface area contributed by atoms with E-state index in [9.17, 15) is 4.79 Å². The Morgan fingerprint density at radius 1 is 1.32 bits per heavy atom. The van der Waals surface area contributed by atoms with Gasteiger partial charge in [-0.15, -0.1) is 11.3 Å². The zero-order valence-electron chi connectivity index (χ0n) is 13.4. The van der Waals surface area contributed by atoms with Crippen molar-refractivity contribution >= 4 is 34.7 Å². The van der Waals surface area contributed by atoms with E-state index in [0.717, 1.165) is 31.0 Å². The van der Waals surface area contributed by atoms with Gasteiger partial charge in [-0.3, -0.25) is 9.89 Å². The van der Waals surface area contributed by atoms with Gasteiger partial charge in [-0.25, -0.2) is 0 Å². The highest BCUT2D eigenvalue weighted by atomic mass is 35.5. The fourth-order valence-corrected chi connectivity index (χ4v) is 3.90. The summed E-state index contributed by atoms with van der Waals surface area (Å²) in [5.74, 6) is 0.832. The van der Waals surface area contributed by atoms with E-state index in [0.29, 0.717) is 10.6 Å². The third-order valence-electron chi connectivity index (χ3n) is 4.29. The second kappa shape index (κ2) is 6.90. The summed E-state index contributed by atoms with van der Waals surface area (Å²) in [5, 5.41) is 13.2. The number of thiophene rings is 1. The van der Waals surface area contributed by atoms with Crippen molar-refractivity contribution in [3.8, 4) is 10.6 Å². The number of hydrogen-bond acceptors (Lipinski definition) is 4. The number of aromatic nitrogens is 2. The Bertz CT molecular complexity index is 877. The summed E-state index contributed by atoms with van der Waals surface area (Å²) >= 11 is 7.64. The van der Waals surface area contributed by atoms with Gasteiger partial charge in [-0.05, 0) is 36.1 Å². The maximum absolute atomic E-state index is 12.3. The summed E-state index contributed by atoms with van der Waals surface area (Å²) in [6.45, 7) is 1.62. The number of nitrogens with one attached hydrogen (secondary N) is 2. The van der Waals surface area contributed by atoms with Gasteiger partial charge in [0.15, 0.2) is 5.82 Å². The number of amides is 1. The molecular formula is C18H17ClN4OS. The van der Waals surface area contributed by atoms with E-state index >= 15 is 0 Å². The number of hydrogen-bond donors (Lipinski definition) is 2. The van der Waals surface area contributed by atoms with E-state index in [2.05, 4.69) is 32.5 Å². The molecule has 1 aliphatic rings. The molecule has 2 aromatic heterocycles. The molecular weight excluding hydrogens is 356 g/mol. The molecule has 5 nitrogen and oxygen atoms in total. The molecule has 0 unspecified atom stereocenters. The Morgan fingerprint density at radius 2 is 2.24 bits per heavy atom. The molecule has 1 aliphatic heterocycles. The molecule has 1 amide bonds. The predicted molar refractivity (Wildman–Crippen MR) is 101 cm³/mol. The van der Waals surface area contributed by atoms with Crippen LogP contribution < -0.4 is 10.2 Å². The molecule has 1 saturated heterocycles. The SMILES string of the molecule is O=C(N[C@H]1CCN(c2cc(-c3cccs3)[nH]n2)C1)c1cccc(Cl)c1. The van der Waals surface area contributed by atoms with Gasteiger partial charge in [0, 0.05) is 35.8 Å². The lowest BCUT2D eigenvalue weighted by Gasteiger charge is -2.16. The van der Waals surface area contributed by atoms with Crippen LogP contribution in [0.25, 0.3) is 10.6 Å². The Kier molecular flexibility index (Phi) is 4.46. The van der Waals surface area contributed by atoms with Crippen molar-refractivity contribution in [1.82, 2.24) is 15.5 Å². The van der Waals surface area contributed by atoms with Crippen LogP contribution >= 0.6 is 22.9 Å². The third-order valence-corrected chi connectivity index (χ3v) is 5.42. The molecule has 2 N–H and O–H groups in total. The summed E-state index contributed by atoms with van der Waals surface area (Å²) in [4.78, 5) is 15.7. The monoisotopic (exact) mass is 372 g/mol. The first-order valence-electron chi connectivity index (χ1n) is 8.10. The highest BCUT2D eigenvalue weighted by Crippen LogP contribution is 2.27. The van der Waals surface area contributed by atoms with Gasteiger partial charge in [0.2, 0.25) is 0 Å². The largest absolute Gasteiger partial charge is 0.353 e. The van der Waals surface area contributed by atoms with Crippen molar-refractivity contribution in [3.05, 3.63) is 58.4 Å². The van der Waals surface area contributed by atoms with Crippen molar-refractivity contribution in [1.29, 1.82) is 0 Å². The molecule has 1 atom stereocenters. The van der Waals surface area contributed by atoms with Crippen molar-refractivity contribution in [2.75, 3.05) is 18.0 Å². The normalized spacial score (nSPS) is 17.0. The van der Waals surface area contributed by atoms with Crippen LogP contribution in [0.2, 0.25) is 5.02 Å². The average molecular weight is 373 g/mol. The Morgan fingerprint density at radius 3 is 3.04 bits per heavy atom. The van der Waals surface area contributed by atoms with Crippen molar-refractivity contribution in [2.24, 2.45) is 0 Å². The van der Waals surface area contributed by atoms with Gasteiger partial charge >= 0.3 is 0 Å². The van der Waals surface area contributed by atoms with Crippen LogP contribution in [0, 0.1) is 0 Å². The number of anilines is 1. The van der Waals surface area contributed by atoms with Gasteiger partial charge in [-0.2, -0.15) is 5.10 Å². The fourth-order valence-electron chi connectivity index (χ4n) is 3.02. The van der Waals surface area contributed by atoms with E-state index in [1.165, 1.54) is 4.88 Å². The number of H-pyrrole nitrogens is 1. The molecule has 7 heteroatoms. The van der Waals surface area contributed by atoms with Gasteiger partial charge in [0.05, 0.1) is 10.6 Å². The number of carbonyl (C=O) groups is 1. The molecule has 0 radical (unpaired) electrons. The third kappa shape index (κ3) is 3.55. The van der Waals surface area contributed by atoms with E-state index in [1.54, 1.807) is 35.6 Å². The highest BCUT2D eigenvalue weighted by Gasteiger charge is 2.26. The maximum Gasteiger partial charge on any atom is 0.251 e. The summed E-state index contributed by atoms with van der Waals surface area (Å²) in [6, 6.07) is 13.3. The average Bonchev–Trinajstić information content (AvgIpc) is 3.35. The van der Waals surface area contributed by atoms with Gasteiger partial charge in [0.25, 0.3) is 5.91 Å². The lowest BCUT2D eigenvalue weighted by molar-refractivity contribution is 0.0940. The highest BCUT2D eigenvalue weighted by molar-refractivity contribution is 7.13. The molecule has 3 aromatic rings. The van der Waals surface area contributed by atoms with E-state index in [-0.39, 0.29) is 11.9 Å². The zero-order chi connectivity index (χ0) is 17.2. The van der Waals surface area contributed by atoms with Crippen LogP contribution in [0.3, 0.4) is 0 Å². The molecule has 0 bridgehead atoms. The van der Waals surface area contributed by atoms with Gasteiger partial charge in [-0.1, -0.05) is 23.7 Å². The van der Waals surface area contributed by atoms with Crippen molar-refractivity contribution in [3.63, 3.8) is 0 Å².